The first-order valence-corrected chi connectivity index (χ1v) is 9.94. The van der Waals surface area contributed by atoms with Crippen molar-refractivity contribution < 1.29 is 4.79 Å². The van der Waals surface area contributed by atoms with Gasteiger partial charge < -0.3 is 10.6 Å². The number of anilines is 3. The van der Waals surface area contributed by atoms with Crippen molar-refractivity contribution in [3.05, 3.63) is 82.8 Å². The minimum atomic E-state index is -0.248. The average Bonchev–Trinajstić information content (AvgIpc) is 3.20. The van der Waals surface area contributed by atoms with Crippen LogP contribution in [0.2, 0.25) is 5.02 Å². The summed E-state index contributed by atoms with van der Waals surface area (Å²) in [6.45, 7) is 1.89. The molecule has 2 heterocycles. The molecule has 0 aliphatic rings. The minimum Gasteiger partial charge on any atom is -0.332 e. The smallest absolute Gasteiger partial charge is 0.267 e. The van der Waals surface area contributed by atoms with Crippen LogP contribution < -0.4 is 10.6 Å². The van der Waals surface area contributed by atoms with Gasteiger partial charge in [-0.1, -0.05) is 47.2 Å². The molecule has 2 N–H and O–H groups in total. The van der Waals surface area contributed by atoms with E-state index >= 15 is 0 Å². The van der Waals surface area contributed by atoms with Gasteiger partial charge in [-0.25, -0.2) is 15.0 Å². The van der Waals surface area contributed by atoms with E-state index in [4.69, 9.17) is 11.6 Å². The molecule has 0 atom stereocenters. The average molecular weight is 422 g/mol. The van der Waals surface area contributed by atoms with E-state index in [-0.39, 0.29) is 5.91 Å². The van der Waals surface area contributed by atoms with E-state index in [2.05, 4.69) is 25.6 Å². The van der Waals surface area contributed by atoms with Gasteiger partial charge in [0.2, 0.25) is 0 Å². The molecule has 4 aromatic rings. The maximum absolute atomic E-state index is 12.6. The van der Waals surface area contributed by atoms with E-state index in [1.807, 2.05) is 43.3 Å². The molecule has 8 heteroatoms. The number of amides is 1. The quantitative estimate of drug-likeness (QED) is 0.441. The molecule has 1 amide bonds. The molecule has 29 heavy (non-hydrogen) atoms. The van der Waals surface area contributed by atoms with Crippen LogP contribution in [0.1, 0.15) is 15.2 Å². The molecule has 0 spiro atoms. The Labute approximate surface area is 176 Å². The van der Waals surface area contributed by atoms with Gasteiger partial charge in [-0.15, -0.1) is 0 Å². The van der Waals surface area contributed by atoms with Gasteiger partial charge >= 0.3 is 0 Å². The summed E-state index contributed by atoms with van der Waals surface area (Å²) >= 11 is 7.46. The molecule has 0 unspecified atom stereocenters. The van der Waals surface area contributed by atoms with Crippen LogP contribution in [0.15, 0.2) is 67.4 Å². The lowest BCUT2D eigenvalue weighted by Crippen LogP contribution is -2.11. The van der Waals surface area contributed by atoms with Gasteiger partial charge in [-0.3, -0.25) is 4.79 Å². The first kappa shape index (κ1) is 19.0. The van der Waals surface area contributed by atoms with Crippen LogP contribution in [0.4, 0.5) is 16.5 Å². The number of para-hydroxylation sites is 1. The van der Waals surface area contributed by atoms with Crippen molar-refractivity contribution in [2.45, 2.75) is 6.92 Å². The van der Waals surface area contributed by atoms with E-state index in [1.54, 1.807) is 24.7 Å². The summed E-state index contributed by atoms with van der Waals surface area (Å²) in [6, 6.07) is 13.3. The lowest BCUT2D eigenvalue weighted by Gasteiger charge is -2.08. The Bertz CT molecular complexity index is 1140. The molecule has 0 aliphatic carbocycles. The Hall–Kier alpha value is -3.29. The molecule has 4 rings (SSSR count). The highest BCUT2D eigenvalue weighted by Gasteiger charge is 2.14. The number of halogens is 1. The Morgan fingerprint density at radius 2 is 1.83 bits per heavy atom. The summed E-state index contributed by atoms with van der Waals surface area (Å²) < 4.78 is 0. The summed E-state index contributed by atoms with van der Waals surface area (Å²) in [7, 11) is 0. The molecule has 0 aliphatic heterocycles. The van der Waals surface area contributed by atoms with Gasteiger partial charge in [0.15, 0.2) is 5.13 Å². The molecular formula is C21H16ClN5OS. The number of hydrogen-bond donors (Lipinski definition) is 2. The predicted octanol–water partition coefficient (Wildman–Crippen LogP) is 5.56. The van der Waals surface area contributed by atoms with Crippen LogP contribution in [0.5, 0.6) is 0 Å². The first-order chi connectivity index (χ1) is 14.1. The fourth-order valence-corrected chi connectivity index (χ4v) is 3.75. The van der Waals surface area contributed by atoms with Crippen LogP contribution >= 0.6 is 22.9 Å². The zero-order valence-corrected chi connectivity index (χ0v) is 17.0. The zero-order valence-electron chi connectivity index (χ0n) is 15.4. The van der Waals surface area contributed by atoms with Crippen LogP contribution in [-0.4, -0.2) is 20.9 Å². The normalized spacial score (nSPS) is 10.6. The molecule has 0 saturated carbocycles. The third-order valence-corrected chi connectivity index (χ3v) is 5.42. The molecule has 0 saturated heterocycles. The standard InChI is InChI=1S/C21H16ClN5OS/c1-13-4-2-7-17(22)19(13)27-20(28)18-11-25-21(29-18)26-16-6-3-5-14(8-16)15-9-23-12-24-10-15/h2-12H,1H3,(H,25,26)(H,27,28). The van der Waals surface area contributed by atoms with Crippen LogP contribution in [0.25, 0.3) is 11.1 Å². The highest BCUT2D eigenvalue weighted by molar-refractivity contribution is 7.17. The van der Waals surface area contributed by atoms with Crippen LogP contribution in [0.3, 0.4) is 0 Å². The number of benzene rings is 2. The number of aromatic nitrogens is 3. The van der Waals surface area contributed by atoms with Crippen LogP contribution in [-0.2, 0) is 0 Å². The molecule has 0 radical (unpaired) electrons. The molecular weight excluding hydrogens is 406 g/mol. The van der Waals surface area contributed by atoms with E-state index < -0.39 is 0 Å². The fraction of sp³-hybridized carbons (Fsp3) is 0.0476. The number of nitrogens with zero attached hydrogens (tertiary/aromatic N) is 3. The minimum absolute atomic E-state index is 0.248. The van der Waals surface area contributed by atoms with Gasteiger partial charge in [-0.2, -0.15) is 0 Å². The Balaban J connectivity index is 1.49. The highest BCUT2D eigenvalue weighted by atomic mass is 35.5. The first-order valence-electron chi connectivity index (χ1n) is 8.75. The van der Waals surface area contributed by atoms with Crippen molar-refractivity contribution >= 4 is 45.4 Å². The SMILES string of the molecule is Cc1cccc(Cl)c1NC(=O)c1cnc(Nc2cccc(-c3cncnc3)c2)s1. The molecule has 144 valence electrons. The van der Waals surface area contributed by atoms with E-state index in [9.17, 15) is 4.79 Å². The highest BCUT2D eigenvalue weighted by Crippen LogP contribution is 2.29. The number of rotatable bonds is 5. The molecule has 2 aromatic heterocycles. The summed E-state index contributed by atoms with van der Waals surface area (Å²) in [5.41, 5.74) is 4.27. The Morgan fingerprint density at radius 1 is 1.03 bits per heavy atom. The van der Waals surface area contributed by atoms with Crippen molar-refractivity contribution in [2.24, 2.45) is 0 Å². The van der Waals surface area contributed by atoms with Gasteiger partial charge in [0.25, 0.3) is 5.91 Å². The van der Waals surface area contributed by atoms with Crippen molar-refractivity contribution in [3.63, 3.8) is 0 Å². The largest absolute Gasteiger partial charge is 0.332 e. The van der Waals surface area contributed by atoms with Gasteiger partial charge in [0, 0.05) is 23.6 Å². The van der Waals surface area contributed by atoms with Gasteiger partial charge in [0.05, 0.1) is 16.9 Å². The molecule has 6 nitrogen and oxygen atoms in total. The number of hydrogen-bond acceptors (Lipinski definition) is 6. The summed E-state index contributed by atoms with van der Waals surface area (Å²) in [4.78, 5) is 25.5. The number of thiazole rings is 1. The van der Waals surface area contributed by atoms with Crippen molar-refractivity contribution in [1.82, 2.24) is 15.0 Å². The number of nitrogens with one attached hydrogen (secondary N) is 2. The van der Waals surface area contributed by atoms with E-state index in [1.165, 1.54) is 17.7 Å². The molecule has 2 aromatic carbocycles. The maximum atomic E-state index is 12.6. The van der Waals surface area contributed by atoms with E-state index in [0.717, 1.165) is 22.4 Å². The van der Waals surface area contributed by atoms with Crippen LogP contribution in [0, 0.1) is 6.92 Å². The second-order valence-electron chi connectivity index (χ2n) is 6.25. The Kier molecular flexibility index (Phi) is 5.50. The summed E-state index contributed by atoms with van der Waals surface area (Å²) in [6.07, 6.45) is 6.56. The summed E-state index contributed by atoms with van der Waals surface area (Å²) in [5, 5.41) is 7.22. The topological polar surface area (TPSA) is 79.8 Å². The molecule has 0 bridgehead atoms. The van der Waals surface area contributed by atoms with Crippen molar-refractivity contribution in [1.29, 1.82) is 0 Å². The van der Waals surface area contributed by atoms with Gasteiger partial charge in [-0.05, 0) is 36.2 Å². The number of aryl methyl sites for hydroxylation is 1. The second kappa shape index (κ2) is 8.38. The van der Waals surface area contributed by atoms with E-state index in [0.29, 0.717) is 20.7 Å². The molecule has 0 fully saturated rings. The third kappa shape index (κ3) is 4.42. The third-order valence-electron chi connectivity index (χ3n) is 4.20. The fourth-order valence-electron chi connectivity index (χ4n) is 2.75. The van der Waals surface area contributed by atoms with Crippen molar-refractivity contribution in [3.8, 4) is 11.1 Å². The lowest BCUT2D eigenvalue weighted by atomic mass is 10.1. The number of carbonyl (C=O) groups excluding carboxylic acids is 1. The van der Waals surface area contributed by atoms with Crippen molar-refractivity contribution in [2.75, 3.05) is 10.6 Å². The number of carbonyl (C=O) groups is 1. The Morgan fingerprint density at radius 3 is 2.62 bits per heavy atom. The zero-order chi connectivity index (χ0) is 20.2. The predicted molar refractivity (Wildman–Crippen MR) is 117 cm³/mol. The van der Waals surface area contributed by atoms with Gasteiger partial charge in [0.1, 0.15) is 11.2 Å². The summed E-state index contributed by atoms with van der Waals surface area (Å²) in [5.74, 6) is -0.248. The monoisotopic (exact) mass is 421 g/mol. The second-order valence-corrected chi connectivity index (χ2v) is 7.69. The lowest BCUT2D eigenvalue weighted by molar-refractivity contribution is 0.103. The maximum Gasteiger partial charge on any atom is 0.267 e.